The first kappa shape index (κ1) is 12.7. The molecule has 2 heterocycles. The summed E-state index contributed by atoms with van der Waals surface area (Å²) in [5.74, 6) is 0.907. The highest BCUT2D eigenvalue weighted by atomic mass is 16.5. The molecule has 2 unspecified atom stereocenters. The van der Waals surface area contributed by atoms with E-state index >= 15 is 0 Å². The third-order valence-corrected chi connectivity index (χ3v) is 3.92. The topological polar surface area (TPSA) is 50.8 Å². The Bertz CT molecular complexity index is 424. The number of nitrogens with zero attached hydrogens (tertiary/aromatic N) is 1. The molecule has 2 atom stereocenters. The Balaban J connectivity index is 1.66. The zero-order valence-corrected chi connectivity index (χ0v) is 11.2. The molecule has 0 amide bonds. The van der Waals surface area contributed by atoms with Gasteiger partial charge in [-0.15, -0.1) is 0 Å². The van der Waals surface area contributed by atoms with Crippen LogP contribution in [0.25, 0.3) is 0 Å². The maximum absolute atomic E-state index is 11.4. The van der Waals surface area contributed by atoms with Gasteiger partial charge in [-0.05, 0) is 18.6 Å². The first-order valence-electron chi connectivity index (χ1n) is 6.97. The number of hydrogen-bond acceptors (Lipinski definition) is 5. The average Bonchev–Trinajstić information content (AvgIpc) is 2.83. The Morgan fingerprint density at radius 1 is 1.42 bits per heavy atom. The molecular weight excluding hydrogens is 244 g/mol. The van der Waals surface area contributed by atoms with Crippen LogP contribution in [0.1, 0.15) is 19.8 Å². The molecule has 19 heavy (non-hydrogen) atoms. The van der Waals surface area contributed by atoms with Crippen LogP contribution in [0.4, 0.5) is 0 Å². The molecule has 1 fully saturated rings. The van der Waals surface area contributed by atoms with Crippen molar-refractivity contribution in [2.24, 2.45) is 0 Å². The van der Waals surface area contributed by atoms with Crippen molar-refractivity contribution in [2.45, 2.75) is 32.0 Å². The molecule has 0 radical (unpaired) electrons. The Labute approximate surface area is 113 Å². The zero-order valence-electron chi connectivity index (χ0n) is 11.2. The second-order valence-electron chi connectivity index (χ2n) is 5.12. The maximum Gasteiger partial charge on any atom is 0.185 e. The molecule has 0 saturated carbocycles. The van der Waals surface area contributed by atoms with Crippen LogP contribution in [0.15, 0.2) is 23.6 Å². The molecule has 0 bridgehead atoms. The second kappa shape index (κ2) is 5.35. The summed E-state index contributed by atoms with van der Waals surface area (Å²) in [7, 11) is 0. The number of carbonyl (C=O) groups is 1. The summed E-state index contributed by atoms with van der Waals surface area (Å²) < 4.78 is 11.4. The van der Waals surface area contributed by atoms with Gasteiger partial charge in [0.1, 0.15) is 5.76 Å². The third-order valence-electron chi connectivity index (χ3n) is 3.92. The lowest BCUT2D eigenvalue weighted by Gasteiger charge is -2.36. The van der Waals surface area contributed by atoms with Crippen molar-refractivity contribution in [1.82, 2.24) is 10.2 Å². The monoisotopic (exact) mass is 264 g/mol. The molecular formula is C14H20N2O3. The molecule has 5 heteroatoms. The maximum atomic E-state index is 11.4. The van der Waals surface area contributed by atoms with E-state index < -0.39 is 0 Å². The minimum atomic E-state index is -0.0522. The van der Waals surface area contributed by atoms with Gasteiger partial charge in [-0.25, -0.2) is 0 Å². The van der Waals surface area contributed by atoms with Crippen LogP contribution in [0.5, 0.6) is 0 Å². The van der Waals surface area contributed by atoms with E-state index in [1.54, 1.807) is 6.08 Å². The number of rotatable bonds is 3. The van der Waals surface area contributed by atoms with Crippen LogP contribution in [0.3, 0.4) is 0 Å². The Hall–Kier alpha value is -1.33. The minimum absolute atomic E-state index is 0.0522. The molecule has 104 valence electrons. The fourth-order valence-corrected chi connectivity index (χ4v) is 2.90. The molecule has 3 aliphatic rings. The number of ketones is 1. The van der Waals surface area contributed by atoms with Crippen LogP contribution in [-0.4, -0.2) is 49.3 Å². The summed E-state index contributed by atoms with van der Waals surface area (Å²) >= 11 is 0. The molecule has 5 nitrogen and oxygen atoms in total. The lowest BCUT2D eigenvalue weighted by molar-refractivity contribution is -0.115. The average molecular weight is 264 g/mol. The van der Waals surface area contributed by atoms with Gasteiger partial charge >= 0.3 is 0 Å². The molecule has 0 aromatic rings. The highest BCUT2D eigenvalue weighted by molar-refractivity contribution is 5.93. The van der Waals surface area contributed by atoms with Crippen LogP contribution in [-0.2, 0) is 14.3 Å². The summed E-state index contributed by atoms with van der Waals surface area (Å²) in [6.07, 6.45) is 4.79. The van der Waals surface area contributed by atoms with E-state index in [0.29, 0.717) is 12.5 Å². The predicted molar refractivity (Wildman–Crippen MR) is 70.3 cm³/mol. The summed E-state index contributed by atoms with van der Waals surface area (Å²) in [6, 6.07) is 0.318. The van der Waals surface area contributed by atoms with Gasteiger partial charge in [0.2, 0.25) is 0 Å². The van der Waals surface area contributed by atoms with Crippen LogP contribution >= 0.6 is 0 Å². The zero-order chi connectivity index (χ0) is 13.2. The van der Waals surface area contributed by atoms with Crippen LogP contribution in [0, 0.1) is 0 Å². The molecule has 1 saturated heterocycles. The van der Waals surface area contributed by atoms with Gasteiger partial charge in [-0.3, -0.25) is 9.69 Å². The van der Waals surface area contributed by atoms with Crippen LogP contribution < -0.4 is 5.32 Å². The molecule has 1 N–H and O–H groups in total. The van der Waals surface area contributed by atoms with E-state index in [-0.39, 0.29) is 12.0 Å². The Morgan fingerprint density at radius 2 is 2.21 bits per heavy atom. The fraction of sp³-hybridized carbons (Fsp3) is 0.643. The number of nitrogens with one attached hydrogen (secondary N) is 1. The molecule has 0 aromatic carbocycles. The van der Waals surface area contributed by atoms with Crippen molar-refractivity contribution in [1.29, 1.82) is 0 Å². The summed E-state index contributed by atoms with van der Waals surface area (Å²) in [5.41, 5.74) is 0.969. The van der Waals surface area contributed by atoms with E-state index in [2.05, 4.69) is 17.1 Å². The molecule has 0 spiro atoms. The molecule has 1 aliphatic carbocycles. The highest BCUT2D eigenvalue weighted by Crippen LogP contribution is 2.27. The van der Waals surface area contributed by atoms with Crippen LogP contribution in [0.2, 0.25) is 0 Å². The standard InChI is InChI=1S/C14H20N2O3/c1-2-12(16-5-7-18-8-6-16)14-15-11-4-3-10(17)9-13(11)19-14/h3-4,12,14-15H,2,5-9H2,1H3. The number of carbonyl (C=O) groups excluding carboxylic acids is 1. The Kier molecular flexibility index (Phi) is 3.57. The smallest absolute Gasteiger partial charge is 0.185 e. The normalized spacial score (nSPS) is 28.9. The fourth-order valence-electron chi connectivity index (χ4n) is 2.90. The quantitative estimate of drug-likeness (QED) is 0.816. The van der Waals surface area contributed by atoms with E-state index in [4.69, 9.17) is 9.47 Å². The van der Waals surface area contributed by atoms with Gasteiger partial charge in [0.25, 0.3) is 0 Å². The van der Waals surface area contributed by atoms with Crippen molar-refractivity contribution in [2.75, 3.05) is 26.3 Å². The first-order valence-corrected chi connectivity index (χ1v) is 6.97. The van der Waals surface area contributed by atoms with Crippen molar-refractivity contribution >= 4 is 5.78 Å². The summed E-state index contributed by atoms with van der Waals surface area (Å²) in [4.78, 5) is 13.8. The van der Waals surface area contributed by atoms with E-state index in [1.165, 1.54) is 0 Å². The SMILES string of the molecule is CCC(C1NC2=C(CC(=O)C=C2)O1)N1CCOCC1. The summed E-state index contributed by atoms with van der Waals surface area (Å²) in [6.45, 7) is 5.63. The number of morpholine rings is 1. The van der Waals surface area contributed by atoms with Crippen molar-refractivity contribution < 1.29 is 14.3 Å². The number of allylic oxidation sites excluding steroid dienone is 3. The largest absolute Gasteiger partial charge is 0.471 e. The number of hydrogen-bond donors (Lipinski definition) is 1. The molecule has 2 aliphatic heterocycles. The van der Waals surface area contributed by atoms with Gasteiger partial charge in [0.05, 0.1) is 31.4 Å². The molecule has 0 aromatic heterocycles. The van der Waals surface area contributed by atoms with Gasteiger partial charge in [-0.1, -0.05) is 6.92 Å². The van der Waals surface area contributed by atoms with Gasteiger partial charge in [0.15, 0.2) is 12.0 Å². The second-order valence-corrected chi connectivity index (χ2v) is 5.12. The summed E-state index contributed by atoms with van der Waals surface area (Å²) in [5, 5.41) is 3.40. The molecule has 3 rings (SSSR count). The van der Waals surface area contributed by atoms with Crippen molar-refractivity contribution in [3.63, 3.8) is 0 Å². The van der Waals surface area contributed by atoms with E-state index in [9.17, 15) is 4.79 Å². The third kappa shape index (κ3) is 2.53. The van der Waals surface area contributed by atoms with Gasteiger partial charge < -0.3 is 14.8 Å². The van der Waals surface area contributed by atoms with E-state index in [0.717, 1.165) is 44.2 Å². The van der Waals surface area contributed by atoms with E-state index in [1.807, 2.05) is 6.08 Å². The highest BCUT2D eigenvalue weighted by Gasteiger charge is 2.35. The van der Waals surface area contributed by atoms with Gasteiger partial charge in [-0.2, -0.15) is 0 Å². The predicted octanol–water partition coefficient (Wildman–Crippen LogP) is 0.784. The Morgan fingerprint density at radius 3 is 2.95 bits per heavy atom. The lowest BCUT2D eigenvalue weighted by atomic mass is 10.1. The lowest BCUT2D eigenvalue weighted by Crippen LogP contribution is -2.52. The first-order chi connectivity index (χ1) is 9.28. The van der Waals surface area contributed by atoms with Crippen molar-refractivity contribution in [3.05, 3.63) is 23.6 Å². The number of ether oxygens (including phenoxy) is 2. The van der Waals surface area contributed by atoms with Gasteiger partial charge in [0, 0.05) is 13.1 Å². The van der Waals surface area contributed by atoms with Crippen molar-refractivity contribution in [3.8, 4) is 0 Å². The minimum Gasteiger partial charge on any atom is -0.471 e.